The van der Waals surface area contributed by atoms with Gasteiger partial charge < -0.3 is 14.6 Å². The largest absolute Gasteiger partial charge is 0.389 e. The van der Waals surface area contributed by atoms with Crippen LogP contribution in [0.2, 0.25) is 0 Å². The van der Waals surface area contributed by atoms with Crippen molar-refractivity contribution < 1.29 is 14.6 Å². The summed E-state index contributed by atoms with van der Waals surface area (Å²) in [7, 11) is 0. The second kappa shape index (κ2) is 5.65. The van der Waals surface area contributed by atoms with Gasteiger partial charge in [0.15, 0.2) is 5.79 Å². The zero-order chi connectivity index (χ0) is 15.1. The second-order valence-electron chi connectivity index (χ2n) is 6.17. The second-order valence-corrected chi connectivity index (χ2v) is 6.96. The number of nitrogens with zero attached hydrogens (tertiary/aromatic N) is 2. The molecule has 2 heterocycles. The SMILES string of the molecule is CCn1nc(C)c(Br)c1CC1(O)CCC2(CC1)OCCO2. The van der Waals surface area contributed by atoms with Gasteiger partial charge in [-0.25, -0.2) is 0 Å². The van der Waals surface area contributed by atoms with Crippen LogP contribution in [0.1, 0.15) is 44.0 Å². The molecule has 1 spiro atoms. The van der Waals surface area contributed by atoms with Crippen LogP contribution in [0.15, 0.2) is 4.47 Å². The molecule has 21 heavy (non-hydrogen) atoms. The van der Waals surface area contributed by atoms with Crippen molar-refractivity contribution in [3.05, 3.63) is 15.9 Å². The van der Waals surface area contributed by atoms with Crippen molar-refractivity contribution in [1.82, 2.24) is 9.78 Å². The van der Waals surface area contributed by atoms with Crippen molar-refractivity contribution in [2.24, 2.45) is 0 Å². The van der Waals surface area contributed by atoms with Crippen molar-refractivity contribution in [3.63, 3.8) is 0 Å². The van der Waals surface area contributed by atoms with Crippen molar-refractivity contribution in [2.75, 3.05) is 13.2 Å². The molecule has 1 aromatic heterocycles. The third kappa shape index (κ3) is 2.91. The van der Waals surface area contributed by atoms with Crippen molar-refractivity contribution in [2.45, 2.75) is 63.9 Å². The minimum atomic E-state index is -0.692. The summed E-state index contributed by atoms with van der Waals surface area (Å²) in [5.74, 6) is -0.426. The quantitative estimate of drug-likeness (QED) is 0.901. The predicted octanol–water partition coefficient (Wildman–Crippen LogP) is 2.56. The Morgan fingerprint density at radius 3 is 2.43 bits per heavy atom. The molecule has 0 bridgehead atoms. The molecule has 1 aromatic rings. The monoisotopic (exact) mass is 358 g/mol. The summed E-state index contributed by atoms with van der Waals surface area (Å²) in [4.78, 5) is 0. The Balaban J connectivity index is 1.73. The van der Waals surface area contributed by atoms with Crippen molar-refractivity contribution in [3.8, 4) is 0 Å². The zero-order valence-electron chi connectivity index (χ0n) is 12.7. The number of aromatic nitrogens is 2. The molecule has 0 aromatic carbocycles. The fourth-order valence-electron chi connectivity index (χ4n) is 3.41. The standard InChI is InChI=1S/C15H23BrN2O3/c1-3-18-12(13(16)11(2)17-18)10-14(19)4-6-15(7-5-14)20-8-9-21-15/h19H,3-10H2,1-2H3. The maximum absolute atomic E-state index is 10.9. The molecule has 0 atom stereocenters. The summed E-state index contributed by atoms with van der Waals surface area (Å²) in [5.41, 5.74) is 1.37. The Morgan fingerprint density at radius 2 is 1.86 bits per heavy atom. The lowest BCUT2D eigenvalue weighted by Crippen LogP contribution is -2.45. The summed E-state index contributed by atoms with van der Waals surface area (Å²) >= 11 is 3.61. The van der Waals surface area contributed by atoms with E-state index in [0.29, 0.717) is 32.5 Å². The third-order valence-corrected chi connectivity index (χ3v) is 5.74. The van der Waals surface area contributed by atoms with Crippen LogP contribution in [0.5, 0.6) is 0 Å². The van der Waals surface area contributed by atoms with Crippen LogP contribution in [0.4, 0.5) is 0 Å². The van der Waals surface area contributed by atoms with Gasteiger partial charge in [0.05, 0.1) is 34.7 Å². The van der Waals surface area contributed by atoms with Gasteiger partial charge in [-0.15, -0.1) is 0 Å². The van der Waals surface area contributed by atoms with Gasteiger partial charge in [0.25, 0.3) is 0 Å². The molecule has 2 aliphatic rings. The summed E-state index contributed by atoms with van der Waals surface area (Å²) < 4.78 is 14.5. The highest BCUT2D eigenvalue weighted by molar-refractivity contribution is 9.10. The van der Waals surface area contributed by atoms with Crippen LogP contribution in [0.25, 0.3) is 0 Å². The van der Waals surface area contributed by atoms with E-state index in [1.54, 1.807) is 0 Å². The first-order valence-corrected chi connectivity index (χ1v) is 8.48. The van der Waals surface area contributed by atoms with Gasteiger partial charge in [-0.1, -0.05) is 0 Å². The molecule has 118 valence electrons. The van der Waals surface area contributed by atoms with Gasteiger partial charge in [-0.2, -0.15) is 5.10 Å². The van der Waals surface area contributed by atoms with Gasteiger partial charge in [-0.3, -0.25) is 4.68 Å². The van der Waals surface area contributed by atoms with Crippen LogP contribution in [-0.4, -0.2) is 39.5 Å². The molecule has 1 saturated heterocycles. The summed E-state index contributed by atoms with van der Waals surface area (Å²) in [6.07, 6.45) is 3.56. The minimum Gasteiger partial charge on any atom is -0.389 e. The van der Waals surface area contributed by atoms with E-state index in [1.165, 1.54) is 0 Å². The highest BCUT2D eigenvalue weighted by Gasteiger charge is 2.46. The lowest BCUT2D eigenvalue weighted by Gasteiger charge is -2.40. The fourth-order valence-corrected chi connectivity index (χ4v) is 3.83. The third-order valence-electron chi connectivity index (χ3n) is 4.71. The number of ether oxygens (including phenoxy) is 2. The predicted molar refractivity (Wildman–Crippen MR) is 82.1 cm³/mol. The molecule has 0 radical (unpaired) electrons. The number of halogens is 1. The van der Waals surface area contributed by atoms with Crippen LogP contribution in [-0.2, 0) is 22.4 Å². The number of hydrogen-bond donors (Lipinski definition) is 1. The normalized spacial score (nSPS) is 23.8. The molecular weight excluding hydrogens is 336 g/mol. The van der Waals surface area contributed by atoms with E-state index in [2.05, 4.69) is 28.0 Å². The highest BCUT2D eigenvalue weighted by Crippen LogP contribution is 2.42. The Bertz CT molecular complexity index is 513. The first-order chi connectivity index (χ1) is 9.97. The first kappa shape index (κ1) is 15.5. The maximum Gasteiger partial charge on any atom is 0.168 e. The summed E-state index contributed by atoms with van der Waals surface area (Å²) in [6, 6.07) is 0. The molecule has 1 aliphatic carbocycles. The minimum absolute atomic E-state index is 0.426. The van der Waals surface area contributed by atoms with E-state index in [9.17, 15) is 5.11 Å². The molecule has 0 unspecified atom stereocenters. The molecule has 1 saturated carbocycles. The lowest BCUT2D eigenvalue weighted by atomic mass is 9.78. The smallest absolute Gasteiger partial charge is 0.168 e. The van der Waals surface area contributed by atoms with Crippen LogP contribution < -0.4 is 0 Å². The van der Waals surface area contributed by atoms with Gasteiger partial charge in [0, 0.05) is 25.8 Å². The lowest BCUT2D eigenvalue weighted by molar-refractivity contribution is -0.202. The molecule has 2 fully saturated rings. The molecular formula is C15H23BrN2O3. The topological polar surface area (TPSA) is 56.5 Å². The number of aryl methyl sites for hydroxylation is 2. The first-order valence-electron chi connectivity index (χ1n) is 7.69. The summed E-state index contributed by atoms with van der Waals surface area (Å²) in [5, 5.41) is 15.5. The fraction of sp³-hybridized carbons (Fsp3) is 0.800. The molecule has 3 rings (SSSR count). The average Bonchev–Trinajstić information content (AvgIpc) is 3.03. The van der Waals surface area contributed by atoms with Gasteiger partial charge >= 0.3 is 0 Å². The highest BCUT2D eigenvalue weighted by atomic mass is 79.9. The van der Waals surface area contributed by atoms with E-state index in [1.807, 2.05) is 11.6 Å². The van der Waals surface area contributed by atoms with Crippen LogP contribution in [0.3, 0.4) is 0 Å². The van der Waals surface area contributed by atoms with E-state index >= 15 is 0 Å². The van der Waals surface area contributed by atoms with Crippen molar-refractivity contribution in [1.29, 1.82) is 0 Å². The number of hydrogen-bond acceptors (Lipinski definition) is 4. The van der Waals surface area contributed by atoms with Gasteiger partial charge in [0.1, 0.15) is 0 Å². The summed E-state index contributed by atoms with van der Waals surface area (Å²) in [6.45, 7) is 6.22. The Morgan fingerprint density at radius 1 is 1.24 bits per heavy atom. The van der Waals surface area contributed by atoms with E-state index in [-0.39, 0.29) is 0 Å². The molecule has 1 aliphatic heterocycles. The maximum atomic E-state index is 10.9. The van der Waals surface area contributed by atoms with Gasteiger partial charge in [0.2, 0.25) is 0 Å². The Hall–Kier alpha value is -0.430. The van der Waals surface area contributed by atoms with Crippen LogP contribution >= 0.6 is 15.9 Å². The molecule has 5 nitrogen and oxygen atoms in total. The Labute approximate surface area is 133 Å². The van der Waals surface area contributed by atoms with Crippen LogP contribution in [0, 0.1) is 6.92 Å². The Kier molecular flexibility index (Phi) is 4.16. The zero-order valence-corrected chi connectivity index (χ0v) is 14.3. The molecule has 0 amide bonds. The number of rotatable bonds is 3. The van der Waals surface area contributed by atoms with E-state index in [4.69, 9.17) is 9.47 Å². The van der Waals surface area contributed by atoms with Gasteiger partial charge in [-0.05, 0) is 42.6 Å². The van der Waals surface area contributed by atoms with E-state index < -0.39 is 11.4 Å². The van der Waals surface area contributed by atoms with Crippen molar-refractivity contribution >= 4 is 15.9 Å². The molecule has 1 N–H and O–H groups in total. The average molecular weight is 359 g/mol. The van der Waals surface area contributed by atoms with E-state index in [0.717, 1.165) is 35.2 Å². The number of aliphatic hydroxyl groups is 1. The molecule has 6 heteroatoms.